The predicted octanol–water partition coefficient (Wildman–Crippen LogP) is 2.09. The predicted molar refractivity (Wildman–Crippen MR) is 106 cm³/mol. The van der Waals surface area contributed by atoms with E-state index in [2.05, 4.69) is 20.3 Å². The fraction of sp³-hybridized carbons (Fsp3) is 0.333. The van der Waals surface area contributed by atoms with Crippen molar-refractivity contribution in [1.29, 1.82) is 0 Å². The van der Waals surface area contributed by atoms with E-state index in [4.69, 9.17) is 0 Å². The number of esters is 1. The summed E-state index contributed by atoms with van der Waals surface area (Å²) in [5, 5.41) is 11.0. The molecule has 2 aromatic rings. The molecule has 3 amide bonds. The topological polar surface area (TPSA) is 119 Å². The van der Waals surface area contributed by atoms with Crippen molar-refractivity contribution < 1.29 is 23.9 Å². The first kappa shape index (κ1) is 20.9. The Balaban J connectivity index is 1.45. The normalized spacial score (nSPS) is 13.6. The molecule has 0 spiro atoms. The maximum atomic E-state index is 12.0. The van der Waals surface area contributed by atoms with E-state index in [1.807, 2.05) is 12.1 Å². The second-order valence-corrected chi connectivity index (χ2v) is 8.29. The van der Waals surface area contributed by atoms with Crippen LogP contribution in [0.2, 0.25) is 0 Å². The van der Waals surface area contributed by atoms with Gasteiger partial charge in [-0.1, -0.05) is 35.2 Å². The number of nitrogens with zero attached hydrogens (tertiary/aromatic N) is 3. The summed E-state index contributed by atoms with van der Waals surface area (Å²) in [7, 11) is 1.34. The number of hydrogen-bond acceptors (Lipinski definition) is 9. The maximum Gasteiger partial charge on any atom is 0.337 e. The molecule has 11 heteroatoms. The summed E-state index contributed by atoms with van der Waals surface area (Å²) in [6.45, 7) is 0.0749. The molecule has 0 bridgehead atoms. The van der Waals surface area contributed by atoms with Crippen LogP contribution in [0.3, 0.4) is 0 Å². The Morgan fingerprint density at radius 3 is 2.52 bits per heavy atom. The molecule has 29 heavy (non-hydrogen) atoms. The van der Waals surface area contributed by atoms with Crippen molar-refractivity contribution in [2.24, 2.45) is 0 Å². The Hall–Kier alpha value is -2.79. The van der Waals surface area contributed by atoms with Gasteiger partial charge in [0.25, 0.3) is 0 Å². The molecule has 152 valence electrons. The third-order valence-electron chi connectivity index (χ3n) is 4.11. The summed E-state index contributed by atoms with van der Waals surface area (Å²) in [5.74, 6) is -0.562. The van der Waals surface area contributed by atoms with Gasteiger partial charge in [0.2, 0.25) is 22.9 Å². The molecular weight excluding hydrogens is 416 g/mol. The first-order valence-electron chi connectivity index (χ1n) is 8.73. The summed E-state index contributed by atoms with van der Waals surface area (Å²) in [6, 6.07) is 7.07. The number of anilines is 1. The number of imide groups is 1. The number of hydrogen-bond donors (Lipinski definition) is 1. The molecule has 3 rings (SSSR count). The quantitative estimate of drug-likeness (QED) is 0.290. The van der Waals surface area contributed by atoms with Crippen LogP contribution in [-0.4, -0.2) is 52.4 Å². The summed E-state index contributed by atoms with van der Waals surface area (Å²) in [6.07, 6.45) is 0.442. The zero-order valence-electron chi connectivity index (χ0n) is 15.5. The van der Waals surface area contributed by atoms with Gasteiger partial charge >= 0.3 is 5.97 Å². The third-order valence-corrected chi connectivity index (χ3v) is 6.15. The van der Waals surface area contributed by atoms with E-state index >= 15 is 0 Å². The fourth-order valence-corrected chi connectivity index (χ4v) is 4.31. The molecule has 2 heterocycles. The van der Waals surface area contributed by atoms with Crippen LogP contribution in [0.1, 0.15) is 35.2 Å². The average molecular weight is 434 g/mol. The van der Waals surface area contributed by atoms with Crippen LogP contribution in [0.5, 0.6) is 0 Å². The van der Waals surface area contributed by atoms with Gasteiger partial charge in [-0.3, -0.25) is 19.3 Å². The Morgan fingerprint density at radius 1 is 1.17 bits per heavy atom. The first-order valence-corrected chi connectivity index (χ1v) is 10.5. The highest BCUT2D eigenvalue weighted by molar-refractivity contribution is 8.00. The van der Waals surface area contributed by atoms with Crippen LogP contribution < -0.4 is 5.32 Å². The number of likely N-dealkylation sites (tertiary alicyclic amines) is 1. The number of amides is 3. The molecule has 1 saturated heterocycles. The van der Waals surface area contributed by atoms with Gasteiger partial charge < -0.3 is 10.1 Å². The number of carbonyl (C=O) groups excluding carboxylic acids is 4. The first-order chi connectivity index (χ1) is 14.0. The van der Waals surface area contributed by atoms with Crippen molar-refractivity contribution in [2.75, 3.05) is 19.0 Å². The van der Waals surface area contributed by atoms with Gasteiger partial charge in [0.1, 0.15) is 0 Å². The van der Waals surface area contributed by atoms with E-state index in [0.717, 1.165) is 10.5 Å². The molecule has 1 N–H and O–H groups in total. The van der Waals surface area contributed by atoms with Crippen LogP contribution >= 0.6 is 23.1 Å². The lowest BCUT2D eigenvalue weighted by molar-refractivity contribution is -0.138. The minimum Gasteiger partial charge on any atom is -0.465 e. The van der Waals surface area contributed by atoms with Crippen LogP contribution in [0, 0.1) is 0 Å². The number of carbonyl (C=O) groups is 4. The lowest BCUT2D eigenvalue weighted by atomic mass is 10.1. The molecule has 0 radical (unpaired) electrons. The van der Waals surface area contributed by atoms with Gasteiger partial charge in [0, 0.05) is 31.6 Å². The van der Waals surface area contributed by atoms with E-state index in [9.17, 15) is 19.2 Å². The van der Waals surface area contributed by atoms with Crippen LogP contribution in [-0.2, 0) is 24.9 Å². The Kier molecular flexibility index (Phi) is 6.94. The zero-order valence-corrected chi connectivity index (χ0v) is 17.2. The zero-order chi connectivity index (χ0) is 20.8. The number of methoxy groups -OCH3 is 1. The Labute approximate surface area is 174 Å². The molecule has 1 aliphatic heterocycles. The summed E-state index contributed by atoms with van der Waals surface area (Å²) >= 11 is 2.69. The van der Waals surface area contributed by atoms with Crippen molar-refractivity contribution in [1.82, 2.24) is 15.1 Å². The number of ether oxygens (including phenoxy) is 1. The van der Waals surface area contributed by atoms with Crippen molar-refractivity contribution in [3.63, 3.8) is 0 Å². The smallest absolute Gasteiger partial charge is 0.337 e. The summed E-state index contributed by atoms with van der Waals surface area (Å²) in [5.41, 5.74) is 1.49. The summed E-state index contributed by atoms with van der Waals surface area (Å²) in [4.78, 5) is 47.7. The molecule has 1 aromatic carbocycles. The third kappa shape index (κ3) is 5.61. The minimum absolute atomic E-state index is 0.0199. The average Bonchev–Trinajstić information content (AvgIpc) is 3.30. The van der Waals surface area contributed by atoms with Crippen molar-refractivity contribution in [2.45, 2.75) is 29.4 Å². The fourth-order valence-electron chi connectivity index (χ4n) is 2.59. The molecule has 1 fully saturated rings. The SMILES string of the molecule is COC(=O)c1ccc(CSc2nnc(NC(=O)CCN3C(=O)CCC3=O)s2)cc1. The van der Waals surface area contributed by atoms with E-state index < -0.39 is 0 Å². The molecule has 9 nitrogen and oxygen atoms in total. The van der Waals surface area contributed by atoms with Crippen LogP contribution in [0.4, 0.5) is 5.13 Å². The molecule has 0 saturated carbocycles. The molecular formula is C18H18N4O5S2. The maximum absolute atomic E-state index is 12.0. The summed E-state index contributed by atoms with van der Waals surface area (Å²) < 4.78 is 5.35. The Bertz CT molecular complexity index is 913. The molecule has 0 atom stereocenters. The molecule has 0 aliphatic carbocycles. The van der Waals surface area contributed by atoms with Gasteiger partial charge in [-0.25, -0.2) is 4.79 Å². The molecule has 1 aliphatic rings. The lowest BCUT2D eigenvalue weighted by Gasteiger charge is -2.12. The monoisotopic (exact) mass is 434 g/mol. The van der Waals surface area contributed by atoms with Crippen LogP contribution in [0.15, 0.2) is 28.6 Å². The highest BCUT2D eigenvalue weighted by Crippen LogP contribution is 2.28. The number of rotatable bonds is 8. The van der Waals surface area contributed by atoms with Gasteiger partial charge in [-0.2, -0.15) is 0 Å². The number of thioether (sulfide) groups is 1. The number of benzene rings is 1. The van der Waals surface area contributed by atoms with Crippen molar-refractivity contribution in [3.8, 4) is 0 Å². The number of aromatic nitrogens is 2. The molecule has 1 aromatic heterocycles. The van der Waals surface area contributed by atoms with Crippen molar-refractivity contribution >= 4 is 51.9 Å². The van der Waals surface area contributed by atoms with Gasteiger partial charge in [-0.05, 0) is 17.7 Å². The van der Waals surface area contributed by atoms with Gasteiger partial charge in [0.05, 0.1) is 12.7 Å². The van der Waals surface area contributed by atoms with E-state index in [1.54, 1.807) is 12.1 Å². The second kappa shape index (κ2) is 9.61. The van der Waals surface area contributed by atoms with E-state index in [-0.39, 0.29) is 49.5 Å². The molecule has 0 unspecified atom stereocenters. The van der Waals surface area contributed by atoms with Gasteiger partial charge in [-0.15, -0.1) is 10.2 Å². The van der Waals surface area contributed by atoms with Gasteiger partial charge in [0.15, 0.2) is 4.34 Å². The largest absolute Gasteiger partial charge is 0.465 e. The van der Waals surface area contributed by atoms with Crippen molar-refractivity contribution in [3.05, 3.63) is 35.4 Å². The number of nitrogens with one attached hydrogen (secondary N) is 1. The Morgan fingerprint density at radius 2 is 1.86 bits per heavy atom. The van der Waals surface area contributed by atoms with E-state index in [0.29, 0.717) is 20.8 Å². The highest BCUT2D eigenvalue weighted by Gasteiger charge is 2.28. The highest BCUT2D eigenvalue weighted by atomic mass is 32.2. The van der Waals surface area contributed by atoms with E-state index in [1.165, 1.54) is 30.2 Å². The van der Waals surface area contributed by atoms with Crippen LogP contribution in [0.25, 0.3) is 0 Å². The minimum atomic E-state index is -0.382. The second-order valence-electron chi connectivity index (χ2n) is 6.09. The lowest BCUT2D eigenvalue weighted by Crippen LogP contribution is -2.32. The standard InChI is InChI=1S/C18H18N4O5S2/c1-27-16(26)12-4-2-11(3-5-12)10-28-18-21-20-17(29-18)19-13(23)8-9-22-14(24)6-7-15(22)25/h2-5H,6-10H2,1H3,(H,19,20,23).